The van der Waals surface area contributed by atoms with Crippen LogP contribution in [0, 0.1) is 49.3 Å². The predicted molar refractivity (Wildman–Crippen MR) is 81.8 cm³/mol. The summed E-state index contributed by atoms with van der Waals surface area (Å²) in [5.74, 6) is -11.0. The molecule has 0 aliphatic carbocycles. The van der Waals surface area contributed by atoms with Gasteiger partial charge in [0.05, 0.1) is 27.2 Å². The van der Waals surface area contributed by atoms with Crippen LogP contribution in [0.3, 0.4) is 0 Å². The fourth-order valence-corrected chi connectivity index (χ4v) is 2.00. The van der Waals surface area contributed by atoms with Crippen LogP contribution in [0.1, 0.15) is 12.5 Å². The van der Waals surface area contributed by atoms with Crippen molar-refractivity contribution in [1.29, 1.82) is 0 Å². The van der Waals surface area contributed by atoms with E-state index in [1.807, 2.05) is 5.43 Å². The van der Waals surface area contributed by atoms with Crippen molar-refractivity contribution in [3.63, 3.8) is 0 Å². The zero-order chi connectivity index (χ0) is 20.5. The van der Waals surface area contributed by atoms with Crippen molar-refractivity contribution in [1.82, 2.24) is 0 Å². The molecule has 0 saturated carbocycles. The number of non-ortho nitro benzene ring substituents is 1. The molecule has 0 unspecified atom stereocenters. The van der Waals surface area contributed by atoms with Crippen LogP contribution in [-0.2, 0) is 0 Å². The second-order valence-corrected chi connectivity index (χ2v) is 4.97. The fraction of sp³-hybridized carbons (Fsp3) is 0.0714. The molecule has 0 heterocycles. The second kappa shape index (κ2) is 7.31. The number of benzene rings is 2. The number of nitro benzene ring substituents is 2. The Bertz CT molecular complexity index is 967. The molecule has 0 saturated heterocycles. The van der Waals surface area contributed by atoms with Gasteiger partial charge in [0.1, 0.15) is 5.69 Å². The Morgan fingerprint density at radius 3 is 1.93 bits per heavy atom. The molecule has 2 rings (SSSR count). The molecule has 0 aromatic heterocycles. The van der Waals surface area contributed by atoms with Crippen molar-refractivity contribution < 1.29 is 31.8 Å². The largest absolute Gasteiger partial charge is 0.301 e. The number of halogens is 5. The molecule has 8 nitrogen and oxygen atoms in total. The molecule has 0 spiro atoms. The fourth-order valence-electron chi connectivity index (χ4n) is 2.00. The minimum absolute atomic E-state index is 0.408. The first-order valence-electron chi connectivity index (χ1n) is 6.81. The van der Waals surface area contributed by atoms with Gasteiger partial charge in [0, 0.05) is 6.07 Å². The molecule has 142 valence electrons. The normalized spacial score (nSPS) is 11.4. The van der Waals surface area contributed by atoms with Gasteiger partial charge in [0.2, 0.25) is 5.82 Å². The highest BCUT2D eigenvalue weighted by Gasteiger charge is 2.27. The minimum atomic E-state index is -2.35. The van der Waals surface area contributed by atoms with Crippen molar-refractivity contribution in [2.45, 2.75) is 6.92 Å². The van der Waals surface area contributed by atoms with E-state index >= 15 is 0 Å². The van der Waals surface area contributed by atoms with Gasteiger partial charge in [-0.3, -0.25) is 25.7 Å². The van der Waals surface area contributed by atoms with Crippen molar-refractivity contribution in [3.05, 3.63) is 73.1 Å². The van der Waals surface area contributed by atoms with E-state index in [9.17, 15) is 42.2 Å². The first-order valence-corrected chi connectivity index (χ1v) is 6.81. The van der Waals surface area contributed by atoms with Crippen molar-refractivity contribution in [2.75, 3.05) is 5.43 Å². The van der Waals surface area contributed by atoms with Crippen LogP contribution < -0.4 is 5.43 Å². The van der Waals surface area contributed by atoms with Gasteiger partial charge in [-0.25, -0.2) is 22.0 Å². The lowest BCUT2D eigenvalue weighted by atomic mass is 10.1. The van der Waals surface area contributed by atoms with E-state index in [0.717, 1.165) is 19.1 Å². The van der Waals surface area contributed by atoms with Crippen LogP contribution in [-0.4, -0.2) is 15.6 Å². The Balaban J connectivity index is 2.48. The molecule has 2 aromatic rings. The number of nitro groups is 2. The van der Waals surface area contributed by atoms with Gasteiger partial charge >= 0.3 is 5.69 Å². The maximum atomic E-state index is 13.7. The smallest absolute Gasteiger partial charge is 0.271 e. The molecule has 0 radical (unpaired) electrons. The molecule has 13 heteroatoms. The summed E-state index contributed by atoms with van der Waals surface area (Å²) in [5, 5.41) is 25.0. The lowest BCUT2D eigenvalue weighted by molar-refractivity contribution is -0.393. The SMILES string of the molecule is C/C(=N/Nc1ccc([N+](=O)[O-])cc1[N+](=O)[O-])c1c(F)c(F)c(F)c(F)c1F. The number of nitrogens with one attached hydrogen (secondary N) is 1. The monoisotopic (exact) mass is 390 g/mol. The molecule has 0 fully saturated rings. The Morgan fingerprint density at radius 1 is 0.926 bits per heavy atom. The van der Waals surface area contributed by atoms with Gasteiger partial charge in [-0.2, -0.15) is 5.10 Å². The standard InChI is InChI=1S/C14H7F5N4O4/c1-5(9-10(15)12(17)14(19)13(18)11(9)16)20-21-7-3-2-6(22(24)25)4-8(7)23(26)27/h2-4,21H,1H3/b20-5-. The van der Waals surface area contributed by atoms with Crippen LogP contribution >= 0.6 is 0 Å². The number of nitrogens with zero attached hydrogens (tertiary/aromatic N) is 3. The van der Waals surface area contributed by atoms with Gasteiger partial charge in [-0.05, 0) is 13.0 Å². The van der Waals surface area contributed by atoms with Gasteiger partial charge in [0.15, 0.2) is 23.3 Å². The number of anilines is 1. The quantitative estimate of drug-likeness (QED) is 0.207. The number of hydrogen-bond donors (Lipinski definition) is 1. The van der Waals surface area contributed by atoms with Crippen molar-refractivity contribution in [3.8, 4) is 0 Å². The van der Waals surface area contributed by atoms with Crippen molar-refractivity contribution >= 4 is 22.8 Å². The predicted octanol–water partition coefficient (Wildman–Crippen LogP) is 4.03. The van der Waals surface area contributed by atoms with E-state index in [4.69, 9.17) is 0 Å². The lowest BCUT2D eigenvalue weighted by Gasteiger charge is -2.08. The third kappa shape index (κ3) is 3.65. The number of hydrogen-bond acceptors (Lipinski definition) is 6. The molecule has 0 atom stereocenters. The summed E-state index contributed by atoms with van der Waals surface area (Å²) in [6.07, 6.45) is 0. The first kappa shape index (κ1) is 19.7. The number of rotatable bonds is 5. The molecule has 1 N–H and O–H groups in total. The van der Waals surface area contributed by atoms with E-state index in [0.29, 0.717) is 6.07 Å². The first-order chi connectivity index (χ1) is 12.6. The highest BCUT2D eigenvalue weighted by atomic mass is 19.2. The Labute approximate surface area is 146 Å². The van der Waals surface area contributed by atoms with Gasteiger partial charge in [0.25, 0.3) is 5.69 Å². The Hall–Kier alpha value is -3.64. The summed E-state index contributed by atoms with van der Waals surface area (Å²) in [7, 11) is 0. The van der Waals surface area contributed by atoms with Gasteiger partial charge < -0.3 is 0 Å². The highest BCUT2D eigenvalue weighted by Crippen LogP contribution is 2.29. The van der Waals surface area contributed by atoms with Crippen molar-refractivity contribution in [2.24, 2.45) is 5.10 Å². The summed E-state index contributed by atoms with van der Waals surface area (Å²) < 4.78 is 66.9. The zero-order valence-corrected chi connectivity index (χ0v) is 13.1. The third-order valence-electron chi connectivity index (χ3n) is 3.30. The molecule has 0 aliphatic heterocycles. The molecular weight excluding hydrogens is 383 g/mol. The van der Waals surface area contributed by atoms with Gasteiger partial charge in [-0.1, -0.05) is 0 Å². The van der Waals surface area contributed by atoms with Crippen LogP contribution in [0.15, 0.2) is 23.3 Å². The Morgan fingerprint density at radius 2 is 1.44 bits per heavy atom. The average Bonchev–Trinajstić information content (AvgIpc) is 2.62. The highest BCUT2D eigenvalue weighted by molar-refractivity contribution is 5.99. The molecule has 0 aliphatic rings. The third-order valence-corrected chi connectivity index (χ3v) is 3.30. The van der Waals surface area contributed by atoms with Crippen LogP contribution in [0.4, 0.5) is 39.0 Å². The maximum absolute atomic E-state index is 13.7. The summed E-state index contributed by atoms with van der Waals surface area (Å²) >= 11 is 0. The lowest BCUT2D eigenvalue weighted by Crippen LogP contribution is -2.12. The molecule has 0 amide bonds. The Kier molecular flexibility index (Phi) is 5.33. The molecule has 2 aromatic carbocycles. The molecular formula is C14H7F5N4O4. The summed E-state index contributed by atoms with van der Waals surface area (Å²) in [6.45, 7) is 0.891. The van der Waals surface area contributed by atoms with E-state index in [2.05, 4.69) is 5.10 Å². The zero-order valence-electron chi connectivity index (χ0n) is 13.1. The van der Waals surface area contributed by atoms with Crippen LogP contribution in [0.2, 0.25) is 0 Å². The van der Waals surface area contributed by atoms with E-state index in [-0.39, 0.29) is 0 Å². The average molecular weight is 390 g/mol. The van der Waals surface area contributed by atoms with Gasteiger partial charge in [-0.15, -0.1) is 0 Å². The molecule has 0 bridgehead atoms. The minimum Gasteiger partial charge on any atom is -0.271 e. The summed E-state index contributed by atoms with van der Waals surface area (Å²) in [6, 6.07) is 2.38. The van der Waals surface area contributed by atoms with Crippen LogP contribution in [0.5, 0.6) is 0 Å². The van der Waals surface area contributed by atoms with Crippen LogP contribution in [0.25, 0.3) is 0 Å². The topological polar surface area (TPSA) is 111 Å². The maximum Gasteiger partial charge on any atom is 0.301 e. The van der Waals surface area contributed by atoms with E-state index in [1.54, 1.807) is 0 Å². The summed E-state index contributed by atoms with van der Waals surface area (Å²) in [4.78, 5) is 19.8. The molecule has 27 heavy (non-hydrogen) atoms. The van der Waals surface area contributed by atoms with E-state index in [1.165, 1.54) is 0 Å². The summed E-state index contributed by atoms with van der Waals surface area (Å²) in [5.41, 5.74) is -1.83. The number of hydrazone groups is 1. The second-order valence-electron chi connectivity index (χ2n) is 4.97. The van der Waals surface area contributed by atoms with E-state index < -0.39 is 67.3 Å².